The first-order valence-electron chi connectivity index (χ1n) is 6.49. The van der Waals surface area contributed by atoms with E-state index in [0.717, 1.165) is 30.0 Å². The molecule has 0 amide bonds. The fourth-order valence-electron chi connectivity index (χ4n) is 2.22. The van der Waals surface area contributed by atoms with E-state index < -0.39 is 0 Å². The molecule has 3 N–H and O–H groups in total. The maximum absolute atomic E-state index is 9.65. The van der Waals surface area contributed by atoms with Gasteiger partial charge < -0.3 is 15.7 Å². The van der Waals surface area contributed by atoms with Gasteiger partial charge in [0, 0.05) is 30.5 Å². The monoisotopic (exact) mass is 256 g/mol. The van der Waals surface area contributed by atoms with E-state index in [2.05, 4.69) is 24.8 Å². The Bertz CT molecular complexity index is 566. The van der Waals surface area contributed by atoms with Gasteiger partial charge in [-0.1, -0.05) is 18.2 Å². The van der Waals surface area contributed by atoms with Crippen LogP contribution in [0.4, 0.5) is 11.4 Å². The maximum atomic E-state index is 9.65. The van der Waals surface area contributed by atoms with Crippen molar-refractivity contribution in [2.45, 2.75) is 20.4 Å². The zero-order valence-corrected chi connectivity index (χ0v) is 11.4. The molecule has 0 aliphatic carbocycles. The fourth-order valence-corrected chi connectivity index (χ4v) is 2.22. The van der Waals surface area contributed by atoms with Crippen molar-refractivity contribution in [1.82, 2.24) is 0 Å². The summed E-state index contributed by atoms with van der Waals surface area (Å²) in [5, 5.41) is 9.65. The zero-order chi connectivity index (χ0) is 13.8. The predicted molar refractivity (Wildman–Crippen MR) is 80.4 cm³/mol. The average molecular weight is 256 g/mol. The molecule has 0 bridgehead atoms. The van der Waals surface area contributed by atoms with E-state index in [1.165, 1.54) is 5.56 Å². The molecule has 0 heterocycles. The number of aromatic hydroxyl groups is 1. The highest BCUT2D eigenvalue weighted by atomic mass is 16.3. The lowest BCUT2D eigenvalue weighted by atomic mass is 10.1. The molecule has 0 aromatic heterocycles. The Balaban J connectivity index is 2.27. The van der Waals surface area contributed by atoms with Crippen molar-refractivity contribution >= 4 is 11.4 Å². The van der Waals surface area contributed by atoms with Crippen LogP contribution in [0.15, 0.2) is 42.5 Å². The number of aryl methyl sites for hydroxylation is 1. The SMILES string of the molecule is CCN(Cc1cccc(N)c1)c1cc(O)ccc1C. The molecule has 100 valence electrons. The van der Waals surface area contributed by atoms with Crippen LogP contribution >= 0.6 is 0 Å². The highest BCUT2D eigenvalue weighted by Gasteiger charge is 2.09. The number of nitrogens with zero attached hydrogens (tertiary/aromatic N) is 1. The molecule has 0 radical (unpaired) electrons. The molecule has 0 saturated carbocycles. The third-order valence-electron chi connectivity index (χ3n) is 3.24. The van der Waals surface area contributed by atoms with Gasteiger partial charge in [0.15, 0.2) is 0 Å². The Morgan fingerprint density at radius 2 is 1.95 bits per heavy atom. The van der Waals surface area contributed by atoms with Gasteiger partial charge in [-0.15, -0.1) is 0 Å². The quantitative estimate of drug-likeness (QED) is 0.825. The summed E-state index contributed by atoms with van der Waals surface area (Å²) < 4.78 is 0. The second kappa shape index (κ2) is 5.65. The molecular weight excluding hydrogens is 236 g/mol. The summed E-state index contributed by atoms with van der Waals surface area (Å²) in [6.07, 6.45) is 0. The van der Waals surface area contributed by atoms with Crippen molar-refractivity contribution in [2.75, 3.05) is 17.2 Å². The van der Waals surface area contributed by atoms with Crippen molar-refractivity contribution in [2.24, 2.45) is 0 Å². The Morgan fingerprint density at radius 1 is 1.16 bits per heavy atom. The van der Waals surface area contributed by atoms with Gasteiger partial charge in [-0.3, -0.25) is 0 Å². The second-order valence-electron chi connectivity index (χ2n) is 4.73. The Morgan fingerprint density at radius 3 is 2.63 bits per heavy atom. The number of rotatable bonds is 4. The van der Waals surface area contributed by atoms with Gasteiger partial charge in [-0.2, -0.15) is 0 Å². The lowest BCUT2D eigenvalue weighted by Gasteiger charge is -2.25. The molecule has 3 nitrogen and oxygen atoms in total. The Hall–Kier alpha value is -2.16. The van der Waals surface area contributed by atoms with E-state index in [1.807, 2.05) is 30.3 Å². The van der Waals surface area contributed by atoms with Crippen LogP contribution in [0.2, 0.25) is 0 Å². The van der Waals surface area contributed by atoms with Crippen LogP contribution in [0.5, 0.6) is 5.75 Å². The normalized spacial score (nSPS) is 10.4. The van der Waals surface area contributed by atoms with Crippen LogP contribution in [0.3, 0.4) is 0 Å². The predicted octanol–water partition coefficient (Wildman–Crippen LogP) is 3.31. The molecule has 0 aliphatic rings. The van der Waals surface area contributed by atoms with Gasteiger partial charge in [0.2, 0.25) is 0 Å². The van der Waals surface area contributed by atoms with Crippen LogP contribution in [0, 0.1) is 6.92 Å². The zero-order valence-electron chi connectivity index (χ0n) is 11.4. The van der Waals surface area contributed by atoms with Crippen LogP contribution in [-0.4, -0.2) is 11.7 Å². The topological polar surface area (TPSA) is 49.5 Å². The molecular formula is C16H20N2O. The largest absolute Gasteiger partial charge is 0.508 e. The van der Waals surface area contributed by atoms with Crippen molar-refractivity contribution in [1.29, 1.82) is 0 Å². The minimum Gasteiger partial charge on any atom is -0.508 e. The minimum atomic E-state index is 0.298. The summed E-state index contributed by atoms with van der Waals surface area (Å²) in [5.41, 5.74) is 9.98. The van der Waals surface area contributed by atoms with E-state index in [0.29, 0.717) is 5.75 Å². The molecule has 2 aromatic rings. The molecule has 0 aliphatic heterocycles. The van der Waals surface area contributed by atoms with Gasteiger partial charge in [0.25, 0.3) is 0 Å². The third kappa shape index (κ3) is 3.19. The van der Waals surface area contributed by atoms with Gasteiger partial charge in [0.05, 0.1) is 0 Å². The van der Waals surface area contributed by atoms with Gasteiger partial charge in [0.1, 0.15) is 5.75 Å². The lowest BCUT2D eigenvalue weighted by molar-refractivity contribution is 0.475. The summed E-state index contributed by atoms with van der Waals surface area (Å²) in [5.74, 6) is 0.298. The summed E-state index contributed by atoms with van der Waals surface area (Å²) in [4.78, 5) is 2.23. The molecule has 0 saturated heterocycles. The first-order chi connectivity index (χ1) is 9.10. The lowest BCUT2D eigenvalue weighted by Crippen LogP contribution is -2.22. The van der Waals surface area contributed by atoms with Crippen LogP contribution in [-0.2, 0) is 6.54 Å². The minimum absolute atomic E-state index is 0.298. The third-order valence-corrected chi connectivity index (χ3v) is 3.24. The van der Waals surface area contributed by atoms with Crippen LogP contribution in [0.25, 0.3) is 0 Å². The van der Waals surface area contributed by atoms with E-state index in [1.54, 1.807) is 6.07 Å². The average Bonchev–Trinajstić information content (AvgIpc) is 2.39. The van der Waals surface area contributed by atoms with Crippen LogP contribution < -0.4 is 10.6 Å². The Kier molecular flexibility index (Phi) is 3.95. The summed E-state index contributed by atoms with van der Waals surface area (Å²) in [6.45, 7) is 5.82. The summed E-state index contributed by atoms with van der Waals surface area (Å²) in [6, 6.07) is 13.4. The number of phenolic OH excluding ortho intramolecular Hbond substituents is 1. The molecule has 2 aromatic carbocycles. The van der Waals surface area contributed by atoms with Gasteiger partial charge >= 0.3 is 0 Å². The Labute approximate surface area is 114 Å². The fraction of sp³-hybridized carbons (Fsp3) is 0.250. The molecule has 2 rings (SSSR count). The number of phenols is 1. The highest BCUT2D eigenvalue weighted by molar-refractivity contribution is 5.57. The van der Waals surface area contributed by atoms with Crippen molar-refractivity contribution < 1.29 is 5.11 Å². The number of nitrogen functional groups attached to an aromatic ring is 1. The molecule has 19 heavy (non-hydrogen) atoms. The summed E-state index contributed by atoms with van der Waals surface area (Å²) >= 11 is 0. The number of hydrogen-bond donors (Lipinski definition) is 2. The summed E-state index contributed by atoms with van der Waals surface area (Å²) in [7, 11) is 0. The van der Waals surface area contributed by atoms with Gasteiger partial charge in [-0.25, -0.2) is 0 Å². The number of nitrogens with two attached hydrogens (primary N) is 1. The number of anilines is 2. The van der Waals surface area contributed by atoms with E-state index in [4.69, 9.17) is 5.73 Å². The molecule has 0 spiro atoms. The molecule has 0 fully saturated rings. The van der Waals surface area contributed by atoms with Gasteiger partial charge in [-0.05, 0) is 43.2 Å². The second-order valence-corrected chi connectivity index (χ2v) is 4.73. The van der Waals surface area contributed by atoms with Crippen molar-refractivity contribution in [3.63, 3.8) is 0 Å². The van der Waals surface area contributed by atoms with Crippen LogP contribution in [0.1, 0.15) is 18.1 Å². The first-order valence-corrected chi connectivity index (χ1v) is 6.49. The molecule has 0 unspecified atom stereocenters. The van der Waals surface area contributed by atoms with E-state index >= 15 is 0 Å². The van der Waals surface area contributed by atoms with Crippen molar-refractivity contribution in [3.8, 4) is 5.75 Å². The number of hydrogen-bond acceptors (Lipinski definition) is 3. The molecule has 3 heteroatoms. The van der Waals surface area contributed by atoms with E-state index in [9.17, 15) is 5.11 Å². The standard InChI is InChI=1S/C16H20N2O/c1-3-18(11-13-5-4-6-14(17)9-13)16-10-15(19)8-7-12(16)2/h4-10,19H,3,11,17H2,1-2H3. The first kappa shape index (κ1) is 13.3. The molecule has 0 atom stereocenters. The highest BCUT2D eigenvalue weighted by Crippen LogP contribution is 2.26. The van der Waals surface area contributed by atoms with Crippen molar-refractivity contribution in [3.05, 3.63) is 53.6 Å². The number of benzene rings is 2. The maximum Gasteiger partial charge on any atom is 0.117 e. The van der Waals surface area contributed by atoms with E-state index in [-0.39, 0.29) is 0 Å². The smallest absolute Gasteiger partial charge is 0.117 e.